The Hall–Kier alpha value is -1.77. The average molecular weight is 401 g/mol. The second-order valence-electron chi connectivity index (χ2n) is 5.12. The molecule has 1 aliphatic rings. The van der Waals surface area contributed by atoms with Crippen molar-refractivity contribution in [1.82, 2.24) is 4.90 Å². The first-order valence-corrected chi connectivity index (χ1v) is 9.01. The molecule has 25 heavy (non-hydrogen) atoms. The van der Waals surface area contributed by atoms with Crippen LogP contribution in [0.5, 0.6) is 11.5 Å². The van der Waals surface area contributed by atoms with E-state index in [9.17, 15) is 9.59 Å². The van der Waals surface area contributed by atoms with Crippen molar-refractivity contribution < 1.29 is 19.1 Å². The number of thioether (sulfide) groups is 1. The van der Waals surface area contributed by atoms with Gasteiger partial charge in [-0.15, -0.1) is 0 Å². The van der Waals surface area contributed by atoms with Crippen molar-refractivity contribution in [2.75, 3.05) is 20.3 Å². The molecule has 2 amide bonds. The minimum Gasteiger partial charge on any atom is -0.493 e. The van der Waals surface area contributed by atoms with E-state index >= 15 is 0 Å². The summed E-state index contributed by atoms with van der Waals surface area (Å²) in [6.07, 6.45) is 2.52. The SMILES string of the molecule is CCCN1C(=O)/C(=C/c2cc(Cl)c(OCC(N)=O)c(OC)c2)SC1=S. The summed E-state index contributed by atoms with van der Waals surface area (Å²) in [4.78, 5) is 25.4. The Morgan fingerprint density at radius 1 is 1.48 bits per heavy atom. The molecule has 6 nitrogen and oxygen atoms in total. The molecule has 1 fully saturated rings. The Labute approximate surface area is 160 Å². The number of hydrogen-bond donors (Lipinski definition) is 1. The van der Waals surface area contributed by atoms with Gasteiger partial charge >= 0.3 is 0 Å². The van der Waals surface area contributed by atoms with Crippen LogP contribution in [0.1, 0.15) is 18.9 Å². The lowest BCUT2D eigenvalue weighted by atomic mass is 10.1. The zero-order valence-electron chi connectivity index (χ0n) is 13.7. The summed E-state index contributed by atoms with van der Waals surface area (Å²) in [7, 11) is 1.45. The zero-order valence-corrected chi connectivity index (χ0v) is 16.1. The molecule has 0 atom stereocenters. The summed E-state index contributed by atoms with van der Waals surface area (Å²) in [6.45, 7) is 2.26. The van der Waals surface area contributed by atoms with Gasteiger partial charge in [0.05, 0.1) is 17.0 Å². The van der Waals surface area contributed by atoms with Gasteiger partial charge in [0.2, 0.25) is 0 Å². The molecule has 1 heterocycles. The van der Waals surface area contributed by atoms with Crippen LogP contribution in [0.2, 0.25) is 5.02 Å². The monoisotopic (exact) mass is 400 g/mol. The number of ether oxygens (including phenoxy) is 2. The number of thiocarbonyl (C=S) groups is 1. The summed E-state index contributed by atoms with van der Waals surface area (Å²) in [5.41, 5.74) is 5.73. The van der Waals surface area contributed by atoms with Crippen molar-refractivity contribution in [2.45, 2.75) is 13.3 Å². The normalized spacial score (nSPS) is 15.8. The van der Waals surface area contributed by atoms with Gasteiger partial charge in [0.15, 0.2) is 18.1 Å². The van der Waals surface area contributed by atoms with Gasteiger partial charge in [0.1, 0.15) is 4.32 Å². The molecular weight excluding hydrogens is 384 g/mol. The van der Waals surface area contributed by atoms with E-state index in [4.69, 9.17) is 39.0 Å². The summed E-state index contributed by atoms with van der Waals surface area (Å²) in [5, 5.41) is 0.246. The fourth-order valence-corrected chi connectivity index (χ4v) is 3.76. The number of nitrogens with zero attached hydrogens (tertiary/aromatic N) is 1. The first-order chi connectivity index (χ1) is 11.9. The zero-order chi connectivity index (χ0) is 18.6. The van der Waals surface area contributed by atoms with Crippen LogP contribution in [0.4, 0.5) is 0 Å². The van der Waals surface area contributed by atoms with Crippen LogP contribution >= 0.6 is 35.6 Å². The highest BCUT2D eigenvalue weighted by atomic mass is 35.5. The van der Waals surface area contributed by atoms with Crippen molar-refractivity contribution in [3.05, 3.63) is 27.6 Å². The topological polar surface area (TPSA) is 81.9 Å². The van der Waals surface area contributed by atoms with Gasteiger partial charge in [-0.05, 0) is 30.2 Å². The number of benzene rings is 1. The highest BCUT2D eigenvalue weighted by Gasteiger charge is 2.31. The maximum Gasteiger partial charge on any atom is 0.266 e. The summed E-state index contributed by atoms with van der Waals surface area (Å²) < 4.78 is 11.1. The smallest absolute Gasteiger partial charge is 0.266 e. The Morgan fingerprint density at radius 3 is 2.80 bits per heavy atom. The molecule has 2 N–H and O–H groups in total. The summed E-state index contributed by atoms with van der Waals surface area (Å²) in [5.74, 6) is -0.189. The first kappa shape index (κ1) is 19.6. The van der Waals surface area contributed by atoms with Crippen molar-refractivity contribution in [3.63, 3.8) is 0 Å². The number of hydrogen-bond acceptors (Lipinski definition) is 6. The van der Waals surface area contributed by atoms with E-state index in [1.807, 2.05) is 6.92 Å². The van der Waals surface area contributed by atoms with E-state index < -0.39 is 5.91 Å². The summed E-state index contributed by atoms with van der Waals surface area (Å²) in [6, 6.07) is 3.28. The molecule has 134 valence electrons. The minimum absolute atomic E-state index is 0.124. The molecule has 1 aromatic carbocycles. The molecule has 0 saturated carbocycles. The maximum atomic E-state index is 12.4. The molecule has 2 rings (SSSR count). The van der Waals surface area contributed by atoms with E-state index in [-0.39, 0.29) is 23.3 Å². The minimum atomic E-state index is -0.623. The Morgan fingerprint density at radius 2 is 2.20 bits per heavy atom. The molecule has 1 aromatic rings. The van der Waals surface area contributed by atoms with E-state index in [1.165, 1.54) is 18.9 Å². The molecule has 0 aromatic heterocycles. The van der Waals surface area contributed by atoms with Gasteiger partial charge in [-0.2, -0.15) is 0 Å². The molecule has 0 unspecified atom stereocenters. The second kappa shape index (κ2) is 8.55. The van der Waals surface area contributed by atoms with Crippen LogP contribution in [-0.2, 0) is 9.59 Å². The third-order valence-electron chi connectivity index (χ3n) is 3.23. The second-order valence-corrected chi connectivity index (χ2v) is 7.21. The summed E-state index contributed by atoms with van der Waals surface area (Å²) >= 11 is 12.7. The Balaban J connectivity index is 2.31. The Bertz CT molecular complexity index is 752. The Kier molecular flexibility index (Phi) is 6.69. The van der Waals surface area contributed by atoms with E-state index in [0.717, 1.165) is 6.42 Å². The third kappa shape index (κ3) is 4.65. The lowest BCUT2D eigenvalue weighted by Gasteiger charge is -2.13. The molecule has 1 aliphatic heterocycles. The van der Waals surface area contributed by atoms with Gasteiger partial charge in [-0.3, -0.25) is 14.5 Å². The fourth-order valence-electron chi connectivity index (χ4n) is 2.17. The largest absolute Gasteiger partial charge is 0.493 e. The van der Waals surface area contributed by atoms with Crippen LogP contribution in [-0.4, -0.2) is 41.3 Å². The van der Waals surface area contributed by atoms with Crippen LogP contribution in [0.3, 0.4) is 0 Å². The number of methoxy groups -OCH3 is 1. The number of carbonyl (C=O) groups excluding carboxylic acids is 2. The molecule has 0 radical (unpaired) electrons. The van der Waals surface area contributed by atoms with Gasteiger partial charge in [-0.25, -0.2) is 0 Å². The number of primary amides is 1. The van der Waals surface area contributed by atoms with E-state index in [2.05, 4.69) is 0 Å². The number of halogens is 1. The van der Waals surface area contributed by atoms with Crippen molar-refractivity contribution in [3.8, 4) is 11.5 Å². The predicted molar refractivity (Wildman–Crippen MR) is 103 cm³/mol. The van der Waals surface area contributed by atoms with Crippen LogP contribution in [0.15, 0.2) is 17.0 Å². The van der Waals surface area contributed by atoms with Crippen molar-refractivity contribution in [1.29, 1.82) is 0 Å². The van der Waals surface area contributed by atoms with Crippen LogP contribution in [0, 0.1) is 0 Å². The van der Waals surface area contributed by atoms with Crippen LogP contribution < -0.4 is 15.2 Å². The molecule has 1 saturated heterocycles. The lowest BCUT2D eigenvalue weighted by molar-refractivity contribution is -0.122. The van der Waals surface area contributed by atoms with Gasteiger partial charge in [0.25, 0.3) is 11.8 Å². The van der Waals surface area contributed by atoms with E-state index in [0.29, 0.717) is 27.1 Å². The van der Waals surface area contributed by atoms with Gasteiger partial charge in [0, 0.05) is 6.54 Å². The fraction of sp³-hybridized carbons (Fsp3) is 0.312. The molecule has 9 heteroatoms. The highest BCUT2D eigenvalue weighted by Crippen LogP contribution is 2.39. The lowest BCUT2D eigenvalue weighted by Crippen LogP contribution is -2.28. The third-order valence-corrected chi connectivity index (χ3v) is 4.89. The van der Waals surface area contributed by atoms with Crippen molar-refractivity contribution >= 4 is 57.8 Å². The van der Waals surface area contributed by atoms with Crippen LogP contribution in [0.25, 0.3) is 6.08 Å². The number of amides is 2. The predicted octanol–water partition coefficient (Wildman–Crippen LogP) is 2.82. The van der Waals surface area contributed by atoms with Gasteiger partial charge in [-0.1, -0.05) is 42.5 Å². The highest BCUT2D eigenvalue weighted by molar-refractivity contribution is 8.26. The van der Waals surface area contributed by atoms with Crippen molar-refractivity contribution in [2.24, 2.45) is 5.73 Å². The maximum absolute atomic E-state index is 12.4. The number of carbonyl (C=O) groups is 2. The number of nitrogens with two attached hydrogens (primary N) is 1. The number of rotatable bonds is 7. The molecule has 0 aliphatic carbocycles. The first-order valence-electron chi connectivity index (χ1n) is 7.41. The van der Waals surface area contributed by atoms with Gasteiger partial charge < -0.3 is 15.2 Å². The molecular formula is C16H17ClN2O4S2. The standard InChI is InChI=1S/C16H17ClN2O4S2/c1-3-4-19-15(21)12(25-16(19)24)7-9-5-10(17)14(11(6-9)22-2)23-8-13(18)20/h5-7H,3-4,8H2,1-2H3,(H2,18,20)/b12-7-. The molecule has 0 spiro atoms. The molecule has 0 bridgehead atoms. The van der Waals surface area contributed by atoms with E-state index in [1.54, 1.807) is 23.1 Å². The quantitative estimate of drug-likeness (QED) is 0.559. The average Bonchev–Trinajstić information content (AvgIpc) is 2.81.